The summed E-state index contributed by atoms with van der Waals surface area (Å²) < 4.78 is 6.28. The molecule has 1 aromatic heterocycles. The van der Waals surface area contributed by atoms with Crippen LogP contribution in [0.2, 0.25) is 0 Å². The summed E-state index contributed by atoms with van der Waals surface area (Å²) in [6, 6.07) is 38.8. The second kappa shape index (κ2) is 9.83. The molecule has 2 N–H and O–H groups in total. The number of hydrogen-bond donors (Lipinski definition) is 2. The lowest BCUT2D eigenvalue weighted by Gasteiger charge is -2.12. The SMILES string of the molecule is C/C(=N\C(=N)c1cccc2c1oc1ccc(-c3ccc(C)c(Nc4ccccc4)c3)cc12)c1ccccc1. The van der Waals surface area contributed by atoms with E-state index in [4.69, 9.17) is 9.83 Å². The summed E-state index contributed by atoms with van der Waals surface area (Å²) in [6.07, 6.45) is 0. The van der Waals surface area contributed by atoms with E-state index in [0.29, 0.717) is 11.1 Å². The van der Waals surface area contributed by atoms with Crippen molar-refractivity contribution in [2.24, 2.45) is 4.99 Å². The largest absolute Gasteiger partial charge is 0.455 e. The highest BCUT2D eigenvalue weighted by Crippen LogP contribution is 2.35. The number of hydrogen-bond acceptors (Lipinski definition) is 3. The molecule has 38 heavy (non-hydrogen) atoms. The molecule has 0 saturated heterocycles. The number of fused-ring (bicyclic) bond motifs is 3. The van der Waals surface area contributed by atoms with Gasteiger partial charge in [0.05, 0.1) is 5.56 Å². The van der Waals surface area contributed by atoms with Crippen molar-refractivity contribution in [3.05, 3.63) is 132 Å². The minimum Gasteiger partial charge on any atom is -0.455 e. The molecule has 6 aromatic rings. The molecule has 0 aliphatic rings. The molecule has 0 amide bonds. The predicted octanol–water partition coefficient (Wildman–Crippen LogP) is 9.14. The molecule has 1 heterocycles. The van der Waals surface area contributed by atoms with E-state index in [0.717, 1.165) is 50.1 Å². The highest BCUT2D eigenvalue weighted by Gasteiger charge is 2.15. The highest BCUT2D eigenvalue weighted by molar-refractivity contribution is 6.18. The minimum atomic E-state index is 0.186. The van der Waals surface area contributed by atoms with Gasteiger partial charge in [-0.2, -0.15) is 0 Å². The van der Waals surface area contributed by atoms with E-state index < -0.39 is 0 Å². The van der Waals surface area contributed by atoms with Gasteiger partial charge in [-0.3, -0.25) is 5.41 Å². The molecular formula is C34H27N3O. The number of aryl methyl sites for hydroxylation is 1. The first kappa shape index (κ1) is 23.4. The number of amidine groups is 1. The quantitative estimate of drug-likeness (QED) is 0.186. The van der Waals surface area contributed by atoms with E-state index in [2.05, 4.69) is 59.7 Å². The average molecular weight is 494 g/mol. The molecule has 0 saturated carbocycles. The Morgan fingerprint density at radius 3 is 2.24 bits per heavy atom. The van der Waals surface area contributed by atoms with Gasteiger partial charge >= 0.3 is 0 Å². The Hall–Kier alpha value is -4.96. The molecule has 4 nitrogen and oxygen atoms in total. The van der Waals surface area contributed by atoms with E-state index in [1.807, 2.05) is 79.7 Å². The van der Waals surface area contributed by atoms with Gasteiger partial charge in [-0.05, 0) is 72.5 Å². The van der Waals surface area contributed by atoms with Crippen molar-refractivity contribution in [3.8, 4) is 11.1 Å². The lowest BCUT2D eigenvalue weighted by molar-refractivity contribution is 0.668. The summed E-state index contributed by atoms with van der Waals surface area (Å²) in [7, 11) is 0. The van der Waals surface area contributed by atoms with Gasteiger partial charge in [-0.25, -0.2) is 4.99 Å². The van der Waals surface area contributed by atoms with Crippen molar-refractivity contribution in [3.63, 3.8) is 0 Å². The molecular weight excluding hydrogens is 466 g/mol. The van der Waals surface area contributed by atoms with Crippen LogP contribution in [-0.2, 0) is 0 Å². The number of anilines is 2. The van der Waals surface area contributed by atoms with Gasteiger partial charge in [0.2, 0.25) is 0 Å². The van der Waals surface area contributed by atoms with Gasteiger partial charge in [0.25, 0.3) is 0 Å². The number of nitrogens with zero attached hydrogens (tertiary/aromatic N) is 1. The maximum atomic E-state index is 8.72. The van der Waals surface area contributed by atoms with Crippen LogP contribution in [0.25, 0.3) is 33.1 Å². The third-order valence-corrected chi connectivity index (χ3v) is 6.85. The van der Waals surface area contributed by atoms with E-state index >= 15 is 0 Å². The molecule has 0 bridgehead atoms. The van der Waals surface area contributed by atoms with Crippen molar-refractivity contribution in [2.45, 2.75) is 13.8 Å². The number of rotatable bonds is 5. The fourth-order valence-electron chi connectivity index (χ4n) is 4.75. The van der Waals surface area contributed by atoms with Crippen LogP contribution in [-0.4, -0.2) is 11.5 Å². The Labute approximate surface area is 221 Å². The van der Waals surface area contributed by atoms with Crippen LogP contribution in [0.4, 0.5) is 11.4 Å². The molecule has 0 atom stereocenters. The fourth-order valence-corrected chi connectivity index (χ4v) is 4.75. The van der Waals surface area contributed by atoms with E-state index in [-0.39, 0.29) is 5.84 Å². The van der Waals surface area contributed by atoms with Crippen molar-refractivity contribution in [2.75, 3.05) is 5.32 Å². The van der Waals surface area contributed by atoms with Crippen molar-refractivity contribution >= 4 is 44.9 Å². The second-order valence-corrected chi connectivity index (χ2v) is 9.43. The van der Waals surface area contributed by atoms with E-state index in [1.54, 1.807) is 0 Å². The first-order valence-corrected chi connectivity index (χ1v) is 12.6. The molecule has 0 radical (unpaired) electrons. The molecule has 0 aliphatic carbocycles. The monoisotopic (exact) mass is 493 g/mol. The summed E-state index contributed by atoms with van der Waals surface area (Å²) in [5.74, 6) is 0.186. The summed E-state index contributed by atoms with van der Waals surface area (Å²) in [5.41, 5.74) is 9.50. The molecule has 0 fully saturated rings. The Morgan fingerprint density at radius 2 is 1.45 bits per heavy atom. The molecule has 0 aliphatic heterocycles. The smallest absolute Gasteiger partial charge is 0.155 e. The van der Waals surface area contributed by atoms with Crippen LogP contribution in [0, 0.1) is 12.3 Å². The first-order chi connectivity index (χ1) is 18.6. The molecule has 184 valence electrons. The Kier molecular flexibility index (Phi) is 6.06. The van der Waals surface area contributed by atoms with Crippen LogP contribution in [0.5, 0.6) is 0 Å². The Bertz CT molecular complexity index is 1820. The summed E-state index contributed by atoms with van der Waals surface area (Å²) >= 11 is 0. The van der Waals surface area contributed by atoms with Gasteiger partial charge < -0.3 is 9.73 Å². The lowest BCUT2D eigenvalue weighted by Crippen LogP contribution is -2.02. The molecule has 6 rings (SSSR count). The normalized spacial score (nSPS) is 11.7. The topological polar surface area (TPSA) is 61.4 Å². The molecule has 0 unspecified atom stereocenters. The lowest BCUT2D eigenvalue weighted by atomic mass is 10.00. The van der Waals surface area contributed by atoms with Gasteiger partial charge in [-0.1, -0.05) is 78.9 Å². The standard InChI is InChI=1S/C34H27N3O/c1-22-16-17-26(21-31(22)37-27-12-7-4-8-13-27)25-18-19-32-30(20-25)28-14-9-15-29(33(28)38-32)34(35)36-23(2)24-10-5-3-6-11-24/h3-21,35,37H,1-2H3/b35-34?,36-23+. The number of nitrogens with one attached hydrogen (secondary N) is 2. The zero-order valence-corrected chi connectivity index (χ0v) is 21.3. The van der Waals surface area contributed by atoms with Crippen LogP contribution in [0.1, 0.15) is 23.6 Å². The maximum absolute atomic E-state index is 8.72. The van der Waals surface area contributed by atoms with Crippen LogP contribution >= 0.6 is 0 Å². The van der Waals surface area contributed by atoms with Crippen LogP contribution in [0.3, 0.4) is 0 Å². The van der Waals surface area contributed by atoms with Gasteiger partial charge in [0.15, 0.2) is 5.84 Å². The zero-order valence-electron chi connectivity index (χ0n) is 21.3. The molecule has 0 spiro atoms. The Morgan fingerprint density at radius 1 is 0.737 bits per heavy atom. The summed E-state index contributed by atoms with van der Waals surface area (Å²) in [5, 5.41) is 14.3. The van der Waals surface area contributed by atoms with Crippen LogP contribution < -0.4 is 5.32 Å². The van der Waals surface area contributed by atoms with Gasteiger partial charge in [-0.15, -0.1) is 0 Å². The molecule has 4 heteroatoms. The van der Waals surface area contributed by atoms with E-state index in [1.165, 1.54) is 5.56 Å². The Balaban J connectivity index is 1.38. The maximum Gasteiger partial charge on any atom is 0.155 e. The van der Waals surface area contributed by atoms with Crippen LogP contribution in [0.15, 0.2) is 125 Å². The number of aliphatic imine (C=N–C) groups is 1. The number of benzene rings is 5. The average Bonchev–Trinajstić information content (AvgIpc) is 3.33. The minimum absolute atomic E-state index is 0.186. The third-order valence-electron chi connectivity index (χ3n) is 6.85. The number of para-hydroxylation sites is 2. The predicted molar refractivity (Wildman–Crippen MR) is 159 cm³/mol. The van der Waals surface area contributed by atoms with Gasteiger partial charge in [0.1, 0.15) is 11.2 Å². The zero-order chi connectivity index (χ0) is 26.1. The van der Waals surface area contributed by atoms with Crippen molar-refractivity contribution < 1.29 is 4.42 Å². The van der Waals surface area contributed by atoms with Crippen molar-refractivity contribution in [1.29, 1.82) is 5.41 Å². The van der Waals surface area contributed by atoms with Gasteiger partial charge in [0, 0.05) is 27.9 Å². The van der Waals surface area contributed by atoms with E-state index in [9.17, 15) is 0 Å². The molecule has 5 aromatic carbocycles. The summed E-state index contributed by atoms with van der Waals surface area (Å²) in [6.45, 7) is 4.04. The summed E-state index contributed by atoms with van der Waals surface area (Å²) in [4.78, 5) is 4.59. The highest BCUT2D eigenvalue weighted by atomic mass is 16.3. The number of furan rings is 1. The second-order valence-electron chi connectivity index (χ2n) is 9.43. The first-order valence-electron chi connectivity index (χ1n) is 12.6. The fraction of sp³-hybridized carbons (Fsp3) is 0.0588. The third kappa shape index (κ3) is 4.48. The van der Waals surface area contributed by atoms with Crippen molar-refractivity contribution in [1.82, 2.24) is 0 Å².